The molecule has 92 valence electrons. The lowest BCUT2D eigenvalue weighted by Crippen LogP contribution is -2.42. The van der Waals surface area contributed by atoms with Crippen molar-refractivity contribution >= 4 is 23.0 Å². The number of benzene rings is 1. The van der Waals surface area contributed by atoms with Crippen molar-refractivity contribution in [2.24, 2.45) is 11.5 Å². The zero-order valence-electron chi connectivity index (χ0n) is 9.96. The van der Waals surface area contributed by atoms with Gasteiger partial charge in [0.1, 0.15) is 0 Å². The molecule has 0 saturated heterocycles. The minimum atomic E-state index is -0.742. The fraction of sp³-hybridized carbons (Fsp3) is 0.385. The molecule has 0 radical (unpaired) electrons. The fourth-order valence-corrected chi connectivity index (χ4v) is 2.42. The molecule has 0 fully saturated rings. The topological polar surface area (TPSA) is 64.1 Å². The van der Waals surface area contributed by atoms with Gasteiger partial charge in [0.05, 0.1) is 11.4 Å². The van der Waals surface area contributed by atoms with Crippen LogP contribution in [0.25, 0.3) is 5.70 Å². The van der Waals surface area contributed by atoms with E-state index in [1.54, 1.807) is 0 Å². The van der Waals surface area contributed by atoms with E-state index in [0.29, 0.717) is 11.4 Å². The molecule has 5 N–H and O–H groups in total. The first kappa shape index (κ1) is 12.1. The van der Waals surface area contributed by atoms with Crippen LogP contribution in [0.15, 0.2) is 30.0 Å². The number of anilines is 1. The van der Waals surface area contributed by atoms with E-state index in [4.69, 9.17) is 23.1 Å². The van der Waals surface area contributed by atoms with Crippen molar-refractivity contribution < 1.29 is 0 Å². The molecule has 3 nitrogen and oxygen atoms in total. The van der Waals surface area contributed by atoms with Crippen LogP contribution in [-0.4, -0.2) is 5.00 Å². The highest BCUT2D eigenvalue weighted by Gasteiger charge is 2.36. The predicted octanol–water partition coefficient (Wildman–Crippen LogP) is 2.82. The molecule has 17 heavy (non-hydrogen) atoms. The number of para-hydroxylation sites is 1. The standard InChI is InChI=1S/C13H18ClN3/c1-2-3-8-13(14)12(16)11(15)9-6-4-5-7-10(9)17-13/h4-7,17H,2-3,8,15-16H2,1H3. The maximum atomic E-state index is 6.55. The normalized spacial score (nSPS) is 23.2. The van der Waals surface area contributed by atoms with Gasteiger partial charge < -0.3 is 16.8 Å². The van der Waals surface area contributed by atoms with Gasteiger partial charge in [0.25, 0.3) is 0 Å². The molecule has 1 heterocycles. The largest absolute Gasteiger partial charge is 0.397 e. The van der Waals surface area contributed by atoms with Gasteiger partial charge >= 0.3 is 0 Å². The van der Waals surface area contributed by atoms with Gasteiger partial charge in [-0.3, -0.25) is 0 Å². The number of halogens is 1. The van der Waals surface area contributed by atoms with Crippen LogP contribution in [0.3, 0.4) is 0 Å². The molecule has 1 aliphatic heterocycles. The lowest BCUT2D eigenvalue weighted by Gasteiger charge is -2.36. The summed E-state index contributed by atoms with van der Waals surface area (Å²) in [4.78, 5) is -0.742. The van der Waals surface area contributed by atoms with Crippen LogP contribution in [0.2, 0.25) is 0 Å². The summed E-state index contributed by atoms with van der Waals surface area (Å²) in [5.41, 5.74) is 15.1. The van der Waals surface area contributed by atoms with Crippen molar-refractivity contribution in [2.45, 2.75) is 31.2 Å². The molecule has 0 spiro atoms. The molecule has 1 aromatic carbocycles. The van der Waals surface area contributed by atoms with Gasteiger partial charge in [0, 0.05) is 11.3 Å². The SMILES string of the molecule is CCCCC1(Cl)Nc2ccccc2C(N)=C1N. The Labute approximate surface area is 107 Å². The van der Waals surface area contributed by atoms with Gasteiger partial charge in [-0.05, 0) is 18.9 Å². The maximum Gasteiger partial charge on any atom is 0.154 e. The first-order chi connectivity index (χ1) is 8.08. The van der Waals surface area contributed by atoms with Gasteiger partial charge in [-0.1, -0.05) is 43.1 Å². The third-order valence-corrected chi connectivity index (χ3v) is 3.63. The summed E-state index contributed by atoms with van der Waals surface area (Å²) in [5.74, 6) is 0. The Balaban J connectivity index is 2.40. The van der Waals surface area contributed by atoms with Gasteiger partial charge in [-0.15, -0.1) is 0 Å². The Hall–Kier alpha value is -1.35. The van der Waals surface area contributed by atoms with E-state index >= 15 is 0 Å². The summed E-state index contributed by atoms with van der Waals surface area (Å²) in [6.45, 7) is 2.13. The van der Waals surface area contributed by atoms with Gasteiger partial charge in [0.2, 0.25) is 0 Å². The van der Waals surface area contributed by atoms with E-state index in [2.05, 4.69) is 12.2 Å². The molecule has 1 atom stereocenters. The third-order valence-electron chi connectivity index (χ3n) is 3.14. The number of nitrogens with one attached hydrogen (secondary N) is 1. The van der Waals surface area contributed by atoms with Gasteiger partial charge in [-0.2, -0.15) is 0 Å². The first-order valence-electron chi connectivity index (χ1n) is 5.90. The van der Waals surface area contributed by atoms with E-state index in [1.165, 1.54) is 0 Å². The monoisotopic (exact) mass is 251 g/mol. The van der Waals surface area contributed by atoms with Crippen molar-refractivity contribution in [1.29, 1.82) is 0 Å². The summed E-state index contributed by atoms with van der Waals surface area (Å²) in [7, 11) is 0. The van der Waals surface area contributed by atoms with Crippen LogP contribution in [0.1, 0.15) is 31.7 Å². The van der Waals surface area contributed by atoms with Crippen molar-refractivity contribution in [3.63, 3.8) is 0 Å². The van der Waals surface area contributed by atoms with E-state index in [9.17, 15) is 0 Å². The molecule has 0 amide bonds. The molecular weight excluding hydrogens is 234 g/mol. The first-order valence-corrected chi connectivity index (χ1v) is 6.28. The second kappa shape index (κ2) is 4.49. The second-order valence-corrected chi connectivity index (χ2v) is 5.05. The van der Waals surface area contributed by atoms with Crippen LogP contribution in [-0.2, 0) is 0 Å². The highest BCUT2D eigenvalue weighted by atomic mass is 35.5. The molecule has 1 aliphatic rings. The van der Waals surface area contributed by atoms with Gasteiger partial charge in [-0.25, -0.2) is 0 Å². The highest BCUT2D eigenvalue weighted by Crippen LogP contribution is 2.39. The van der Waals surface area contributed by atoms with E-state index in [-0.39, 0.29) is 0 Å². The maximum absolute atomic E-state index is 6.55. The Morgan fingerprint density at radius 3 is 2.71 bits per heavy atom. The average molecular weight is 252 g/mol. The summed E-state index contributed by atoms with van der Waals surface area (Å²) in [5, 5.41) is 3.29. The molecule has 1 aromatic rings. The zero-order valence-corrected chi connectivity index (χ0v) is 10.7. The molecule has 1 unspecified atom stereocenters. The Bertz CT molecular complexity index is 456. The molecule has 4 heteroatoms. The Kier molecular flexibility index (Phi) is 3.20. The lowest BCUT2D eigenvalue weighted by molar-refractivity contribution is 0.607. The fourth-order valence-electron chi connectivity index (χ4n) is 2.08. The van der Waals surface area contributed by atoms with Crippen molar-refractivity contribution in [3.05, 3.63) is 35.5 Å². The van der Waals surface area contributed by atoms with Crippen LogP contribution < -0.4 is 16.8 Å². The Morgan fingerprint density at radius 2 is 2.00 bits per heavy atom. The number of hydrogen-bond donors (Lipinski definition) is 3. The Morgan fingerprint density at radius 1 is 1.29 bits per heavy atom. The number of nitrogens with two attached hydrogens (primary N) is 2. The number of unbranched alkanes of at least 4 members (excludes halogenated alkanes) is 1. The minimum Gasteiger partial charge on any atom is -0.397 e. The smallest absolute Gasteiger partial charge is 0.154 e. The van der Waals surface area contributed by atoms with Crippen LogP contribution in [0, 0.1) is 0 Å². The summed E-state index contributed by atoms with van der Waals surface area (Å²) in [6.07, 6.45) is 2.85. The lowest BCUT2D eigenvalue weighted by atomic mass is 9.96. The number of fused-ring (bicyclic) bond motifs is 1. The molecule has 0 aromatic heterocycles. The molecular formula is C13H18ClN3. The van der Waals surface area contributed by atoms with E-state index in [0.717, 1.165) is 30.5 Å². The van der Waals surface area contributed by atoms with Crippen LogP contribution >= 0.6 is 11.6 Å². The summed E-state index contributed by atoms with van der Waals surface area (Å²) < 4.78 is 0. The molecule has 0 bridgehead atoms. The molecule has 2 rings (SSSR count). The minimum absolute atomic E-state index is 0.534. The molecule has 0 aliphatic carbocycles. The predicted molar refractivity (Wildman–Crippen MR) is 73.5 cm³/mol. The molecule has 0 saturated carbocycles. The van der Waals surface area contributed by atoms with Crippen LogP contribution in [0.5, 0.6) is 0 Å². The van der Waals surface area contributed by atoms with Gasteiger partial charge in [0.15, 0.2) is 5.00 Å². The van der Waals surface area contributed by atoms with E-state index < -0.39 is 5.00 Å². The quantitative estimate of drug-likeness (QED) is 0.572. The number of hydrogen-bond acceptors (Lipinski definition) is 3. The summed E-state index contributed by atoms with van der Waals surface area (Å²) >= 11 is 6.55. The number of rotatable bonds is 3. The number of alkyl halides is 1. The average Bonchev–Trinajstić information content (AvgIpc) is 2.34. The highest BCUT2D eigenvalue weighted by molar-refractivity contribution is 6.28. The van der Waals surface area contributed by atoms with Crippen molar-refractivity contribution in [1.82, 2.24) is 0 Å². The van der Waals surface area contributed by atoms with Crippen LogP contribution in [0.4, 0.5) is 5.69 Å². The zero-order chi connectivity index (χ0) is 12.5. The van der Waals surface area contributed by atoms with Crippen molar-refractivity contribution in [3.8, 4) is 0 Å². The summed E-state index contributed by atoms with van der Waals surface area (Å²) in [6, 6.07) is 7.81. The second-order valence-electron chi connectivity index (χ2n) is 4.40. The van der Waals surface area contributed by atoms with E-state index in [1.807, 2.05) is 24.3 Å². The van der Waals surface area contributed by atoms with Crippen molar-refractivity contribution in [2.75, 3.05) is 5.32 Å². The third kappa shape index (κ3) is 2.07.